The minimum atomic E-state index is -0.00809. The second-order valence-electron chi connectivity index (χ2n) is 9.20. The molecule has 6 heteroatoms. The highest BCUT2D eigenvalue weighted by atomic mass is 16.5. The summed E-state index contributed by atoms with van der Waals surface area (Å²) in [5.41, 5.74) is 3.65. The number of carbonyl (C=O) groups excluding carboxylic acids is 2. The van der Waals surface area contributed by atoms with Crippen molar-refractivity contribution < 1.29 is 14.3 Å². The summed E-state index contributed by atoms with van der Waals surface area (Å²) in [5.74, 6) is 0.0816. The second-order valence-corrected chi connectivity index (χ2v) is 9.20. The van der Waals surface area contributed by atoms with Crippen LogP contribution in [0.5, 0.6) is 0 Å². The lowest BCUT2D eigenvalue weighted by molar-refractivity contribution is 0.0341. The van der Waals surface area contributed by atoms with Crippen molar-refractivity contribution in [3.05, 3.63) is 70.8 Å². The molecule has 2 aromatic rings. The van der Waals surface area contributed by atoms with Crippen molar-refractivity contribution in [3.63, 3.8) is 0 Å². The molecule has 6 nitrogen and oxygen atoms in total. The first-order valence-electron chi connectivity index (χ1n) is 11.8. The fourth-order valence-electron chi connectivity index (χ4n) is 4.19. The molecule has 1 heterocycles. The highest BCUT2D eigenvalue weighted by molar-refractivity contribution is 5.95. The van der Waals surface area contributed by atoms with E-state index in [0.717, 1.165) is 69.7 Å². The molecule has 1 saturated heterocycles. The fourth-order valence-corrected chi connectivity index (χ4v) is 4.19. The van der Waals surface area contributed by atoms with Crippen LogP contribution in [0, 0.1) is 0 Å². The van der Waals surface area contributed by atoms with E-state index in [1.165, 1.54) is 5.56 Å². The van der Waals surface area contributed by atoms with Gasteiger partial charge in [0, 0.05) is 49.4 Å². The molecule has 2 amide bonds. The Hall–Kier alpha value is -2.70. The van der Waals surface area contributed by atoms with Gasteiger partial charge < -0.3 is 15.0 Å². The smallest absolute Gasteiger partial charge is 0.254 e. The van der Waals surface area contributed by atoms with Crippen LogP contribution in [0.3, 0.4) is 0 Å². The summed E-state index contributed by atoms with van der Waals surface area (Å²) in [6.45, 7) is 4.83. The number of amides is 2. The molecule has 2 aliphatic carbocycles. The Morgan fingerprint density at radius 2 is 1.69 bits per heavy atom. The molecular formula is C26H31N3O3. The summed E-state index contributed by atoms with van der Waals surface area (Å²) >= 11 is 0. The average Bonchev–Trinajstić information content (AvgIpc) is 3.74. The van der Waals surface area contributed by atoms with Crippen LogP contribution >= 0.6 is 0 Å². The van der Waals surface area contributed by atoms with Gasteiger partial charge >= 0.3 is 0 Å². The molecule has 0 aromatic heterocycles. The maximum atomic E-state index is 13.4. The Morgan fingerprint density at radius 1 is 0.938 bits per heavy atom. The summed E-state index contributed by atoms with van der Waals surface area (Å²) in [4.78, 5) is 30.0. The molecular weight excluding hydrogens is 402 g/mol. The number of rotatable bonds is 8. The predicted octanol–water partition coefficient (Wildman–Crippen LogP) is 3.22. The molecule has 168 valence electrons. The highest BCUT2D eigenvalue weighted by Crippen LogP contribution is 2.30. The molecule has 0 bridgehead atoms. The molecule has 32 heavy (non-hydrogen) atoms. The van der Waals surface area contributed by atoms with E-state index in [2.05, 4.69) is 16.3 Å². The van der Waals surface area contributed by atoms with E-state index >= 15 is 0 Å². The van der Waals surface area contributed by atoms with Gasteiger partial charge in [0.25, 0.3) is 11.8 Å². The quantitative estimate of drug-likeness (QED) is 0.695. The van der Waals surface area contributed by atoms with Gasteiger partial charge in [0.1, 0.15) is 0 Å². The molecule has 1 aliphatic heterocycles. The van der Waals surface area contributed by atoms with Crippen molar-refractivity contribution in [1.82, 2.24) is 15.1 Å². The van der Waals surface area contributed by atoms with Crippen molar-refractivity contribution in [1.29, 1.82) is 0 Å². The number of ether oxygens (including phenoxy) is 1. The third-order valence-corrected chi connectivity index (χ3v) is 6.41. The van der Waals surface area contributed by atoms with Crippen molar-refractivity contribution in [3.8, 4) is 0 Å². The first-order valence-corrected chi connectivity index (χ1v) is 11.8. The van der Waals surface area contributed by atoms with Crippen molar-refractivity contribution in [2.75, 3.05) is 26.3 Å². The molecule has 2 aromatic carbocycles. The van der Waals surface area contributed by atoms with Crippen molar-refractivity contribution >= 4 is 11.8 Å². The summed E-state index contributed by atoms with van der Waals surface area (Å²) in [7, 11) is 0. The van der Waals surface area contributed by atoms with Gasteiger partial charge in [-0.3, -0.25) is 14.5 Å². The zero-order chi connectivity index (χ0) is 21.9. The number of nitrogens with zero attached hydrogens (tertiary/aromatic N) is 2. The first kappa shape index (κ1) is 21.2. The molecule has 1 N–H and O–H groups in total. The minimum Gasteiger partial charge on any atom is -0.379 e. The number of hydrogen-bond acceptors (Lipinski definition) is 4. The van der Waals surface area contributed by atoms with E-state index in [1.807, 2.05) is 47.4 Å². The Morgan fingerprint density at radius 3 is 2.38 bits per heavy atom. The zero-order valence-corrected chi connectivity index (χ0v) is 18.5. The Bertz CT molecular complexity index is 961. The van der Waals surface area contributed by atoms with E-state index < -0.39 is 0 Å². The number of carbonyl (C=O) groups is 2. The summed E-state index contributed by atoms with van der Waals surface area (Å²) in [5, 5.41) is 3.02. The van der Waals surface area contributed by atoms with E-state index in [9.17, 15) is 9.59 Å². The van der Waals surface area contributed by atoms with Crippen LogP contribution in [0.25, 0.3) is 0 Å². The summed E-state index contributed by atoms with van der Waals surface area (Å²) in [6, 6.07) is 16.4. The van der Waals surface area contributed by atoms with Crippen LogP contribution in [0.2, 0.25) is 0 Å². The van der Waals surface area contributed by atoms with Crippen LogP contribution in [0.15, 0.2) is 48.5 Å². The van der Waals surface area contributed by atoms with Crippen LogP contribution in [0.4, 0.5) is 0 Å². The van der Waals surface area contributed by atoms with Gasteiger partial charge in [-0.25, -0.2) is 0 Å². The van der Waals surface area contributed by atoms with Gasteiger partial charge in [-0.1, -0.05) is 24.3 Å². The van der Waals surface area contributed by atoms with E-state index in [4.69, 9.17) is 4.74 Å². The maximum absolute atomic E-state index is 13.4. The van der Waals surface area contributed by atoms with E-state index in [0.29, 0.717) is 24.2 Å². The molecule has 0 spiro atoms. The Balaban J connectivity index is 1.25. The van der Waals surface area contributed by atoms with Gasteiger partial charge in [0.2, 0.25) is 0 Å². The van der Waals surface area contributed by atoms with Crippen molar-refractivity contribution in [2.45, 2.75) is 50.9 Å². The van der Waals surface area contributed by atoms with Crippen LogP contribution in [-0.2, 0) is 17.8 Å². The molecule has 5 rings (SSSR count). The lowest BCUT2D eigenvalue weighted by Crippen LogP contribution is -2.36. The number of nitrogens with one attached hydrogen (secondary N) is 1. The van der Waals surface area contributed by atoms with Gasteiger partial charge in [-0.2, -0.15) is 0 Å². The zero-order valence-electron chi connectivity index (χ0n) is 18.5. The maximum Gasteiger partial charge on any atom is 0.254 e. The lowest BCUT2D eigenvalue weighted by atomic mass is 10.1. The Labute approximate surface area is 189 Å². The topological polar surface area (TPSA) is 61.9 Å². The van der Waals surface area contributed by atoms with Crippen molar-refractivity contribution in [2.24, 2.45) is 0 Å². The molecule has 3 aliphatic rings. The average molecular weight is 434 g/mol. The molecule has 0 radical (unpaired) electrons. The second kappa shape index (κ2) is 9.43. The van der Waals surface area contributed by atoms with Gasteiger partial charge in [0.15, 0.2) is 0 Å². The lowest BCUT2D eigenvalue weighted by Gasteiger charge is -2.27. The first-order chi connectivity index (χ1) is 15.7. The molecule has 0 atom stereocenters. The van der Waals surface area contributed by atoms with E-state index in [1.54, 1.807) is 0 Å². The molecule has 2 saturated carbocycles. The number of benzene rings is 2. The molecule has 0 unspecified atom stereocenters. The van der Waals surface area contributed by atoms with Crippen LogP contribution < -0.4 is 5.32 Å². The third-order valence-electron chi connectivity index (χ3n) is 6.41. The third kappa shape index (κ3) is 5.37. The highest BCUT2D eigenvalue weighted by Gasteiger charge is 2.33. The van der Waals surface area contributed by atoms with Gasteiger partial charge in [-0.05, 0) is 61.1 Å². The standard InChI is InChI=1S/C26H31N3O3/c30-25(27-23-8-9-23)21-6-4-19(5-7-21)18-29(24-10-11-24)26(31)22-3-1-2-20(16-22)17-28-12-14-32-15-13-28/h1-7,16,23-24H,8-15,17-18H2,(H,27,30). The fraction of sp³-hybridized carbons (Fsp3) is 0.462. The van der Waals surface area contributed by atoms with Gasteiger partial charge in [0.05, 0.1) is 13.2 Å². The monoisotopic (exact) mass is 433 g/mol. The Kier molecular flexibility index (Phi) is 6.23. The van der Waals surface area contributed by atoms with E-state index in [-0.39, 0.29) is 11.8 Å². The minimum absolute atomic E-state index is 0.00809. The largest absolute Gasteiger partial charge is 0.379 e. The summed E-state index contributed by atoms with van der Waals surface area (Å²) < 4.78 is 5.44. The van der Waals surface area contributed by atoms with Gasteiger partial charge in [-0.15, -0.1) is 0 Å². The molecule has 3 fully saturated rings. The predicted molar refractivity (Wildman–Crippen MR) is 122 cm³/mol. The number of morpholine rings is 1. The van der Waals surface area contributed by atoms with Crippen LogP contribution in [0.1, 0.15) is 57.5 Å². The SMILES string of the molecule is O=C(NC1CC1)c1ccc(CN(C(=O)c2cccc(CN3CCOCC3)c2)C2CC2)cc1. The normalized spacial score (nSPS) is 18.9. The van der Waals surface area contributed by atoms with Crippen LogP contribution in [-0.4, -0.2) is 60.0 Å². The summed E-state index contributed by atoms with van der Waals surface area (Å²) in [6.07, 6.45) is 4.27. The number of hydrogen-bond donors (Lipinski definition) is 1.